The van der Waals surface area contributed by atoms with E-state index in [0.717, 1.165) is 5.56 Å². The van der Waals surface area contributed by atoms with E-state index < -0.39 is 18.5 Å². The number of aldehydes is 1. The largest absolute Gasteiger partial charge is 0.452 e. The lowest BCUT2D eigenvalue weighted by Gasteiger charge is -2.17. The average molecular weight is 368 g/mol. The molecule has 140 valence electrons. The molecular weight excluding hydrogens is 348 g/mol. The number of carbonyl (C=O) groups excluding carboxylic acids is 4. The first-order valence-corrected chi connectivity index (χ1v) is 8.22. The Bertz CT molecular complexity index is 828. The Balaban J connectivity index is 1.80. The number of carbonyl (C=O) groups is 4. The van der Waals surface area contributed by atoms with Crippen LogP contribution >= 0.6 is 0 Å². The summed E-state index contributed by atoms with van der Waals surface area (Å²) >= 11 is 0. The summed E-state index contributed by atoms with van der Waals surface area (Å²) in [6, 6.07) is 13.1. The monoisotopic (exact) mass is 368 g/mol. The second-order valence-corrected chi connectivity index (χ2v) is 5.98. The third-order valence-corrected chi connectivity index (χ3v) is 3.75. The molecule has 0 radical (unpaired) electrons. The van der Waals surface area contributed by atoms with Crippen LogP contribution in [0.1, 0.15) is 26.3 Å². The molecule has 2 amide bonds. The first-order chi connectivity index (χ1) is 12.9. The Morgan fingerprint density at radius 3 is 2.26 bits per heavy atom. The van der Waals surface area contributed by atoms with E-state index in [4.69, 9.17) is 4.74 Å². The van der Waals surface area contributed by atoms with E-state index in [-0.39, 0.29) is 18.0 Å². The predicted molar refractivity (Wildman–Crippen MR) is 99.6 cm³/mol. The number of nitrogens with one attached hydrogen (secondary N) is 1. The molecule has 0 unspecified atom stereocenters. The van der Waals surface area contributed by atoms with Crippen molar-refractivity contribution in [3.63, 3.8) is 0 Å². The van der Waals surface area contributed by atoms with Crippen LogP contribution in [0.5, 0.6) is 0 Å². The van der Waals surface area contributed by atoms with Crippen molar-refractivity contribution in [2.75, 3.05) is 25.5 Å². The molecule has 2 rings (SSSR count). The van der Waals surface area contributed by atoms with Crippen molar-refractivity contribution in [3.05, 3.63) is 65.2 Å². The number of aryl methyl sites for hydroxylation is 1. The van der Waals surface area contributed by atoms with Crippen molar-refractivity contribution in [2.24, 2.45) is 0 Å². The van der Waals surface area contributed by atoms with Gasteiger partial charge in [0.25, 0.3) is 5.91 Å². The maximum absolute atomic E-state index is 12.0. The zero-order chi connectivity index (χ0) is 19.8. The van der Waals surface area contributed by atoms with Gasteiger partial charge in [0, 0.05) is 18.3 Å². The molecular formula is C20H20N2O5. The Morgan fingerprint density at radius 1 is 1.04 bits per heavy atom. The van der Waals surface area contributed by atoms with Gasteiger partial charge in [-0.2, -0.15) is 0 Å². The minimum atomic E-state index is -0.682. The molecule has 0 fully saturated rings. The topological polar surface area (TPSA) is 92.8 Å². The third-order valence-electron chi connectivity index (χ3n) is 3.75. The summed E-state index contributed by atoms with van der Waals surface area (Å²) in [6.07, 6.45) is 0.662. The van der Waals surface area contributed by atoms with E-state index in [1.54, 1.807) is 12.1 Å². The van der Waals surface area contributed by atoms with Gasteiger partial charge < -0.3 is 15.0 Å². The predicted octanol–water partition coefficient (Wildman–Crippen LogP) is 2.06. The van der Waals surface area contributed by atoms with Crippen LogP contribution < -0.4 is 5.32 Å². The summed E-state index contributed by atoms with van der Waals surface area (Å²) in [7, 11) is 1.45. The molecule has 0 atom stereocenters. The number of anilines is 1. The summed E-state index contributed by atoms with van der Waals surface area (Å²) in [5.41, 5.74) is 2.37. The van der Waals surface area contributed by atoms with E-state index in [0.29, 0.717) is 17.5 Å². The number of hydrogen-bond donors (Lipinski definition) is 1. The van der Waals surface area contributed by atoms with Crippen molar-refractivity contribution in [1.29, 1.82) is 0 Å². The molecule has 0 aliphatic rings. The molecule has 7 nitrogen and oxygen atoms in total. The fraction of sp³-hybridized carbons (Fsp3) is 0.200. The van der Waals surface area contributed by atoms with Gasteiger partial charge in [0.05, 0.1) is 12.1 Å². The van der Waals surface area contributed by atoms with Gasteiger partial charge in [-0.25, -0.2) is 4.79 Å². The number of ether oxygens (including phenoxy) is 1. The number of hydrogen-bond acceptors (Lipinski definition) is 5. The minimum absolute atomic E-state index is 0.168. The van der Waals surface area contributed by atoms with Crippen molar-refractivity contribution in [2.45, 2.75) is 6.92 Å². The maximum atomic E-state index is 12.0. The molecule has 0 bridgehead atoms. The van der Waals surface area contributed by atoms with E-state index >= 15 is 0 Å². The number of likely N-dealkylation sites (N-methyl/N-ethyl adjacent to an activating group) is 1. The first kappa shape index (κ1) is 19.8. The lowest BCUT2D eigenvalue weighted by Crippen LogP contribution is -2.37. The normalized spacial score (nSPS) is 10.0. The molecule has 0 saturated carbocycles. The molecule has 2 aromatic rings. The van der Waals surface area contributed by atoms with Gasteiger partial charge in [-0.3, -0.25) is 14.4 Å². The quantitative estimate of drug-likeness (QED) is 0.596. The molecule has 0 spiro atoms. The Kier molecular flexibility index (Phi) is 6.82. The Hall–Kier alpha value is -3.48. The molecule has 1 N–H and O–H groups in total. The van der Waals surface area contributed by atoms with Gasteiger partial charge in [0.2, 0.25) is 5.91 Å². The standard InChI is InChI=1S/C20H20N2O5/c1-14-3-9-17(10-4-14)21-18(24)11-22(2)19(25)13-27-20(26)16-7-5-15(12-23)6-8-16/h3-10,12H,11,13H2,1-2H3,(H,21,24). The van der Waals surface area contributed by atoms with Crippen LogP contribution in [0, 0.1) is 6.92 Å². The number of esters is 1. The van der Waals surface area contributed by atoms with E-state index in [9.17, 15) is 19.2 Å². The van der Waals surface area contributed by atoms with Crippen molar-refractivity contribution >= 4 is 29.8 Å². The average Bonchev–Trinajstić information content (AvgIpc) is 2.67. The molecule has 0 heterocycles. The summed E-state index contributed by atoms with van der Waals surface area (Å²) < 4.78 is 4.95. The lowest BCUT2D eigenvalue weighted by molar-refractivity contribution is -0.136. The van der Waals surface area contributed by atoms with Gasteiger partial charge >= 0.3 is 5.97 Å². The fourth-order valence-corrected chi connectivity index (χ4v) is 2.16. The summed E-state index contributed by atoms with van der Waals surface area (Å²) in [6.45, 7) is 1.29. The maximum Gasteiger partial charge on any atom is 0.338 e. The summed E-state index contributed by atoms with van der Waals surface area (Å²) in [5, 5.41) is 2.69. The number of amides is 2. The van der Waals surface area contributed by atoms with E-state index in [1.165, 1.54) is 36.2 Å². The Labute approximate surface area is 156 Å². The molecule has 2 aromatic carbocycles. The van der Waals surface area contributed by atoms with E-state index in [1.807, 2.05) is 19.1 Å². The van der Waals surface area contributed by atoms with Gasteiger partial charge in [-0.05, 0) is 31.2 Å². The van der Waals surface area contributed by atoms with Gasteiger partial charge in [0.1, 0.15) is 6.29 Å². The third kappa shape index (κ3) is 6.07. The van der Waals surface area contributed by atoms with Crippen LogP contribution in [0.3, 0.4) is 0 Å². The molecule has 0 saturated heterocycles. The SMILES string of the molecule is Cc1ccc(NC(=O)CN(C)C(=O)COC(=O)c2ccc(C=O)cc2)cc1. The van der Waals surface area contributed by atoms with Gasteiger partial charge in [0.15, 0.2) is 6.61 Å². The second-order valence-electron chi connectivity index (χ2n) is 5.98. The van der Waals surface area contributed by atoms with Crippen molar-refractivity contribution in [3.8, 4) is 0 Å². The first-order valence-electron chi connectivity index (χ1n) is 8.22. The highest BCUT2D eigenvalue weighted by Gasteiger charge is 2.16. The molecule has 0 aliphatic carbocycles. The number of benzene rings is 2. The van der Waals surface area contributed by atoms with E-state index in [2.05, 4.69) is 5.32 Å². The van der Waals surface area contributed by atoms with Crippen molar-refractivity contribution < 1.29 is 23.9 Å². The van der Waals surface area contributed by atoms with Crippen LogP contribution in [-0.2, 0) is 14.3 Å². The minimum Gasteiger partial charge on any atom is -0.452 e. The van der Waals surface area contributed by atoms with Crippen LogP contribution in [0.2, 0.25) is 0 Å². The highest BCUT2D eigenvalue weighted by atomic mass is 16.5. The van der Waals surface area contributed by atoms with Gasteiger partial charge in [-0.15, -0.1) is 0 Å². The van der Waals surface area contributed by atoms with Crippen LogP contribution in [0.4, 0.5) is 5.69 Å². The highest BCUT2D eigenvalue weighted by molar-refractivity contribution is 5.95. The molecule has 0 aromatic heterocycles. The summed E-state index contributed by atoms with van der Waals surface area (Å²) in [4.78, 5) is 47.7. The highest BCUT2D eigenvalue weighted by Crippen LogP contribution is 2.08. The van der Waals surface area contributed by atoms with Crippen LogP contribution in [-0.4, -0.2) is 49.2 Å². The smallest absolute Gasteiger partial charge is 0.338 e. The number of rotatable bonds is 7. The van der Waals surface area contributed by atoms with Crippen molar-refractivity contribution in [1.82, 2.24) is 4.90 Å². The zero-order valence-electron chi connectivity index (χ0n) is 15.1. The van der Waals surface area contributed by atoms with Crippen LogP contribution in [0.15, 0.2) is 48.5 Å². The lowest BCUT2D eigenvalue weighted by atomic mass is 10.1. The zero-order valence-corrected chi connectivity index (χ0v) is 15.1. The Morgan fingerprint density at radius 2 is 1.67 bits per heavy atom. The molecule has 27 heavy (non-hydrogen) atoms. The molecule has 0 aliphatic heterocycles. The summed E-state index contributed by atoms with van der Waals surface area (Å²) in [5.74, 6) is -1.55. The van der Waals surface area contributed by atoms with Crippen LogP contribution in [0.25, 0.3) is 0 Å². The molecule has 7 heteroatoms. The number of nitrogens with zero attached hydrogens (tertiary/aromatic N) is 1. The fourth-order valence-electron chi connectivity index (χ4n) is 2.16. The second kappa shape index (κ2) is 9.28. The van der Waals surface area contributed by atoms with Gasteiger partial charge in [-0.1, -0.05) is 29.8 Å².